The number of amides is 1. The Kier molecular flexibility index (Phi) is 3.88. The maximum atomic E-state index is 13.0. The first-order valence-electron chi connectivity index (χ1n) is 9.50. The zero-order valence-corrected chi connectivity index (χ0v) is 15.4. The molecule has 0 saturated carbocycles. The molecule has 0 N–H and O–H groups in total. The molecule has 0 saturated heterocycles. The van der Waals surface area contributed by atoms with Gasteiger partial charge in [0.25, 0.3) is 0 Å². The molecule has 1 unspecified atom stereocenters. The van der Waals surface area contributed by atoms with E-state index in [1.807, 2.05) is 18.2 Å². The smallest absolute Gasteiger partial charge is 0.228 e. The van der Waals surface area contributed by atoms with Gasteiger partial charge in [-0.15, -0.1) is 6.42 Å². The van der Waals surface area contributed by atoms with Crippen LogP contribution in [0.2, 0.25) is 0 Å². The molecule has 0 spiro atoms. The molecule has 0 aliphatic carbocycles. The van der Waals surface area contributed by atoms with Gasteiger partial charge in [0.05, 0.1) is 6.54 Å². The quantitative estimate of drug-likeness (QED) is 0.432. The molecule has 1 heterocycles. The number of terminal acetylenes is 1. The normalized spacial score (nSPS) is 16.2. The highest BCUT2D eigenvalue weighted by Crippen LogP contribution is 2.44. The van der Waals surface area contributed by atoms with Crippen LogP contribution in [0.3, 0.4) is 0 Å². The lowest BCUT2D eigenvalue weighted by atomic mass is 9.80. The van der Waals surface area contributed by atoms with Crippen LogP contribution in [0.4, 0.5) is 5.69 Å². The zero-order chi connectivity index (χ0) is 19.1. The molecule has 1 amide bonds. The fraction of sp³-hybridized carbons (Fsp3) is 0.115. The molecular weight excluding hydrogens is 342 g/mol. The van der Waals surface area contributed by atoms with Crippen molar-refractivity contribution in [2.45, 2.75) is 12.3 Å². The van der Waals surface area contributed by atoms with Gasteiger partial charge in [-0.25, -0.2) is 0 Å². The summed E-state index contributed by atoms with van der Waals surface area (Å²) < 4.78 is 0. The van der Waals surface area contributed by atoms with Crippen LogP contribution >= 0.6 is 0 Å². The predicted octanol–water partition coefficient (Wildman–Crippen LogP) is 5.49. The minimum Gasteiger partial charge on any atom is -0.300 e. The zero-order valence-electron chi connectivity index (χ0n) is 15.4. The maximum absolute atomic E-state index is 13.0. The minimum absolute atomic E-state index is 0.0206. The molecule has 0 fully saturated rings. The van der Waals surface area contributed by atoms with Crippen LogP contribution in [0.1, 0.15) is 23.5 Å². The first-order valence-corrected chi connectivity index (χ1v) is 9.50. The van der Waals surface area contributed by atoms with E-state index >= 15 is 0 Å². The Morgan fingerprint density at radius 1 is 0.893 bits per heavy atom. The van der Waals surface area contributed by atoms with Crippen molar-refractivity contribution in [3.8, 4) is 12.3 Å². The van der Waals surface area contributed by atoms with Gasteiger partial charge in [0, 0.05) is 18.0 Å². The van der Waals surface area contributed by atoms with Gasteiger partial charge < -0.3 is 4.90 Å². The average molecular weight is 361 g/mol. The Hall–Kier alpha value is -3.57. The van der Waals surface area contributed by atoms with Crippen molar-refractivity contribution in [2.24, 2.45) is 0 Å². The second kappa shape index (κ2) is 6.55. The fourth-order valence-corrected chi connectivity index (χ4v) is 4.38. The Morgan fingerprint density at radius 3 is 2.43 bits per heavy atom. The molecule has 5 rings (SSSR count). The number of fused-ring (bicyclic) bond motifs is 4. The van der Waals surface area contributed by atoms with Gasteiger partial charge in [0.2, 0.25) is 5.91 Å². The third-order valence-electron chi connectivity index (χ3n) is 5.69. The van der Waals surface area contributed by atoms with E-state index < -0.39 is 0 Å². The molecule has 2 heteroatoms. The number of rotatable bonds is 2. The largest absolute Gasteiger partial charge is 0.300 e. The number of nitrogens with zero attached hydrogens (tertiary/aromatic N) is 1. The molecule has 1 aliphatic heterocycles. The van der Waals surface area contributed by atoms with E-state index in [4.69, 9.17) is 6.42 Å². The molecule has 2 nitrogen and oxygen atoms in total. The molecule has 4 aromatic rings. The van der Waals surface area contributed by atoms with Crippen molar-refractivity contribution in [1.29, 1.82) is 0 Å². The van der Waals surface area contributed by atoms with E-state index in [0.29, 0.717) is 13.0 Å². The molecule has 4 aromatic carbocycles. The van der Waals surface area contributed by atoms with Crippen LogP contribution < -0.4 is 4.90 Å². The van der Waals surface area contributed by atoms with Gasteiger partial charge in [-0.1, -0.05) is 78.7 Å². The summed E-state index contributed by atoms with van der Waals surface area (Å²) in [6.07, 6.45) is 5.99. The van der Waals surface area contributed by atoms with Gasteiger partial charge in [-0.3, -0.25) is 4.79 Å². The third kappa shape index (κ3) is 2.56. The molecule has 134 valence electrons. The predicted molar refractivity (Wildman–Crippen MR) is 116 cm³/mol. The van der Waals surface area contributed by atoms with E-state index in [-0.39, 0.29) is 11.8 Å². The number of carbonyl (C=O) groups excluding carboxylic acids is 1. The van der Waals surface area contributed by atoms with Gasteiger partial charge in [-0.2, -0.15) is 0 Å². The van der Waals surface area contributed by atoms with Gasteiger partial charge in [-0.05, 0) is 38.7 Å². The van der Waals surface area contributed by atoms with E-state index in [0.717, 1.165) is 5.69 Å². The van der Waals surface area contributed by atoms with E-state index in [1.165, 1.54) is 32.7 Å². The molecule has 0 radical (unpaired) electrons. The molecule has 28 heavy (non-hydrogen) atoms. The lowest BCUT2D eigenvalue weighted by Gasteiger charge is -2.34. The number of benzene rings is 4. The van der Waals surface area contributed by atoms with E-state index in [9.17, 15) is 4.79 Å². The summed E-state index contributed by atoms with van der Waals surface area (Å²) in [5.74, 6) is 2.74. The second-order valence-electron chi connectivity index (χ2n) is 7.27. The summed E-state index contributed by atoms with van der Waals surface area (Å²) in [5.41, 5.74) is 3.30. The lowest BCUT2D eigenvalue weighted by molar-refractivity contribution is -0.119. The molecule has 0 aromatic heterocycles. The van der Waals surface area contributed by atoms with Crippen LogP contribution in [0.15, 0.2) is 78.9 Å². The van der Waals surface area contributed by atoms with Crippen molar-refractivity contribution >= 4 is 33.1 Å². The van der Waals surface area contributed by atoms with Gasteiger partial charge >= 0.3 is 0 Å². The number of hydrogen-bond acceptors (Lipinski definition) is 1. The summed E-state index contributed by atoms with van der Waals surface area (Å²) in [6.45, 7) is 0.300. The monoisotopic (exact) mass is 361 g/mol. The standard InChI is InChI=1S/C26H19NO/c1-2-15-27-24-14-13-19-8-5-6-10-22(19)26(24)23(17-25(27)28)21-12-11-18-7-3-4-9-20(18)16-21/h1,3-14,16,23H,15,17H2. The van der Waals surface area contributed by atoms with Crippen molar-refractivity contribution in [3.63, 3.8) is 0 Å². The first-order chi connectivity index (χ1) is 13.8. The van der Waals surface area contributed by atoms with E-state index in [2.05, 4.69) is 66.6 Å². The third-order valence-corrected chi connectivity index (χ3v) is 5.69. The highest BCUT2D eigenvalue weighted by Gasteiger charge is 2.33. The van der Waals surface area contributed by atoms with Gasteiger partial charge in [0.1, 0.15) is 0 Å². The minimum atomic E-state index is 0.0206. The van der Waals surface area contributed by atoms with Crippen LogP contribution in [0.25, 0.3) is 21.5 Å². The summed E-state index contributed by atoms with van der Waals surface area (Å²) in [7, 11) is 0. The van der Waals surface area contributed by atoms with Crippen LogP contribution in [-0.2, 0) is 4.79 Å². The van der Waals surface area contributed by atoms with Crippen molar-refractivity contribution < 1.29 is 4.79 Å². The van der Waals surface area contributed by atoms with Crippen LogP contribution in [-0.4, -0.2) is 12.5 Å². The summed E-state index contributed by atoms with van der Waals surface area (Å²) in [6, 6.07) is 27.3. The first kappa shape index (κ1) is 16.6. The van der Waals surface area contributed by atoms with Crippen molar-refractivity contribution in [2.75, 3.05) is 11.4 Å². The maximum Gasteiger partial charge on any atom is 0.228 e. The number of anilines is 1. The SMILES string of the molecule is C#CCN1C(=O)CC(c2ccc3ccccc3c2)c2c1ccc1ccccc21. The Labute approximate surface area is 164 Å². The summed E-state index contributed by atoms with van der Waals surface area (Å²) >= 11 is 0. The van der Waals surface area contributed by atoms with Crippen LogP contribution in [0, 0.1) is 12.3 Å². The highest BCUT2D eigenvalue weighted by atomic mass is 16.2. The van der Waals surface area contributed by atoms with Crippen molar-refractivity contribution in [3.05, 3.63) is 90.0 Å². The van der Waals surface area contributed by atoms with Crippen LogP contribution in [0.5, 0.6) is 0 Å². The summed E-state index contributed by atoms with van der Waals surface area (Å²) in [4.78, 5) is 14.7. The molecular formula is C26H19NO. The lowest BCUT2D eigenvalue weighted by Crippen LogP contribution is -2.37. The second-order valence-corrected chi connectivity index (χ2v) is 7.27. The fourth-order valence-electron chi connectivity index (χ4n) is 4.38. The Balaban J connectivity index is 1.77. The summed E-state index contributed by atoms with van der Waals surface area (Å²) in [5, 5.41) is 4.77. The molecule has 0 bridgehead atoms. The topological polar surface area (TPSA) is 20.3 Å². The Morgan fingerprint density at radius 2 is 1.61 bits per heavy atom. The van der Waals surface area contributed by atoms with Gasteiger partial charge in [0.15, 0.2) is 0 Å². The highest BCUT2D eigenvalue weighted by molar-refractivity contribution is 6.03. The molecule has 1 atom stereocenters. The van der Waals surface area contributed by atoms with Crippen molar-refractivity contribution in [1.82, 2.24) is 0 Å². The number of carbonyl (C=O) groups is 1. The average Bonchev–Trinajstić information content (AvgIpc) is 2.74. The Bertz CT molecular complexity index is 1260. The number of hydrogen-bond donors (Lipinski definition) is 0. The van der Waals surface area contributed by atoms with E-state index in [1.54, 1.807) is 4.90 Å². The molecule has 1 aliphatic rings.